The summed E-state index contributed by atoms with van der Waals surface area (Å²) >= 11 is 0. The Balaban J connectivity index is 3.02. The van der Waals surface area contributed by atoms with E-state index in [-0.39, 0.29) is 18.1 Å². The standard InChI is InChI=1S/C12H12F3N3O2/c1-4-5-20-11(19)17-8-6-9(12(13,14)15)10(16-7-8)18(2)3/h1,6-7H,5H2,2-3H3,(H,17,19)/p+1. The number of pyridine rings is 1. The van der Waals surface area contributed by atoms with Gasteiger partial charge in [0.25, 0.3) is 5.82 Å². The molecule has 1 amide bonds. The number of amides is 1. The van der Waals surface area contributed by atoms with Crippen LogP contribution >= 0.6 is 0 Å². The van der Waals surface area contributed by atoms with E-state index in [9.17, 15) is 18.0 Å². The maximum absolute atomic E-state index is 12.9. The molecule has 0 fully saturated rings. The minimum absolute atomic E-state index is 0.0788. The highest BCUT2D eigenvalue weighted by molar-refractivity contribution is 5.84. The number of H-pyrrole nitrogens is 1. The van der Waals surface area contributed by atoms with Crippen molar-refractivity contribution in [2.24, 2.45) is 0 Å². The van der Waals surface area contributed by atoms with Crippen molar-refractivity contribution in [1.82, 2.24) is 0 Å². The second kappa shape index (κ2) is 6.14. The lowest BCUT2D eigenvalue weighted by Crippen LogP contribution is -2.26. The van der Waals surface area contributed by atoms with E-state index in [0.29, 0.717) is 0 Å². The van der Waals surface area contributed by atoms with Gasteiger partial charge in [-0.3, -0.25) is 10.2 Å². The lowest BCUT2D eigenvalue weighted by atomic mass is 10.2. The van der Waals surface area contributed by atoms with Gasteiger partial charge in [0, 0.05) is 0 Å². The van der Waals surface area contributed by atoms with Crippen LogP contribution in [0.4, 0.5) is 29.5 Å². The summed E-state index contributed by atoms with van der Waals surface area (Å²) in [6.45, 7) is -0.266. The first-order valence-electron chi connectivity index (χ1n) is 5.43. The van der Waals surface area contributed by atoms with E-state index in [1.807, 2.05) is 0 Å². The Labute approximate surface area is 113 Å². The van der Waals surface area contributed by atoms with Crippen LogP contribution in [0.3, 0.4) is 0 Å². The molecule has 1 heterocycles. The first-order valence-corrected chi connectivity index (χ1v) is 5.43. The summed E-state index contributed by atoms with van der Waals surface area (Å²) in [6.07, 6.45) is 0.625. The normalized spacial score (nSPS) is 10.6. The fraction of sp³-hybridized carbons (Fsp3) is 0.333. The Morgan fingerprint density at radius 1 is 1.55 bits per heavy atom. The fourth-order valence-electron chi connectivity index (χ4n) is 1.41. The largest absolute Gasteiger partial charge is 0.436 e. The van der Waals surface area contributed by atoms with Gasteiger partial charge in [0.05, 0.1) is 19.8 Å². The smallest absolute Gasteiger partial charge is 0.424 e. The van der Waals surface area contributed by atoms with Gasteiger partial charge in [-0.25, -0.2) is 9.78 Å². The van der Waals surface area contributed by atoms with Gasteiger partial charge in [-0.1, -0.05) is 5.92 Å². The highest BCUT2D eigenvalue weighted by Crippen LogP contribution is 2.34. The molecule has 0 radical (unpaired) electrons. The number of terminal acetylenes is 1. The number of carbonyl (C=O) groups excluding carboxylic acids is 1. The van der Waals surface area contributed by atoms with Gasteiger partial charge in [-0.2, -0.15) is 13.2 Å². The van der Waals surface area contributed by atoms with Crippen molar-refractivity contribution in [2.45, 2.75) is 6.18 Å². The van der Waals surface area contributed by atoms with Crippen LogP contribution in [0.2, 0.25) is 0 Å². The van der Waals surface area contributed by atoms with Gasteiger partial charge in [-0.15, -0.1) is 6.42 Å². The molecule has 1 aromatic rings. The number of hydrogen-bond donors (Lipinski definition) is 1. The molecule has 0 aliphatic rings. The number of nitrogens with one attached hydrogen (secondary N) is 2. The molecular formula is C12H13F3N3O2+. The zero-order valence-electron chi connectivity index (χ0n) is 10.8. The molecular weight excluding hydrogens is 275 g/mol. The molecule has 2 N–H and O–H groups in total. The second-order valence-electron chi connectivity index (χ2n) is 3.95. The SMILES string of the molecule is C#CCOC(=O)Nc1c[nH+]c(N(C)C)c(C(F)(F)F)c1. The summed E-state index contributed by atoms with van der Waals surface area (Å²) in [7, 11) is 2.94. The molecule has 0 unspecified atom stereocenters. The molecule has 20 heavy (non-hydrogen) atoms. The summed E-state index contributed by atoms with van der Waals surface area (Å²) in [5.74, 6) is 1.94. The number of carbonyl (C=O) groups is 1. The molecule has 0 saturated carbocycles. The van der Waals surface area contributed by atoms with Crippen LogP contribution in [0, 0.1) is 12.3 Å². The second-order valence-corrected chi connectivity index (χ2v) is 3.95. The first-order chi connectivity index (χ1) is 9.25. The predicted octanol–water partition coefficient (Wildman–Crippen LogP) is 1.77. The van der Waals surface area contributed by atoms with Crippen molar-refractivity contribution in [3.8, 4) is 12.3 Å². The van der Waals surface area contributed by atoms with Crippen molar-refractivity contribution < 1.29 is 27.7 Å². The van der Waals surface area contributed by atoms with E-state index >= 15 is 0 Å². The Kier molecular flexibility index (Phi) is 4.80. The molecule has 5 nitrogen and oxygen atoms in total. The van der Waals surface area contributed by atoms with E-state index in [4.69, 9.17) is 6.42 Å². The Morgan fingerprint density at radius 3 is 2.70 bits per heavy atom. The number of aromatic nitrogens is 1. The maximum Gasteiger partial charge on any atom is 0.424 e. The summed E-state index contributed by atoms with van der Waals surface area (Å²) in [4.78, 5) is 15.0. The van der Waals surface area contributed by atoms with Crippen LogP contribution < -0.4 is 15.2 Å². The molecule has 8 heteroatoms. The number of halogens is 3. The average molecular weight is 288 g/mol. The van der Waals surface area contributed by atoms with E-state index < -0.39 is 17.8 Å². The summed E-state index contributed by atoms with van der Waals surface area (Å²) in [5, 5.41) is 2.15. The van der Waals surface area contributed by atoms with Crippen LogP contribution in [-0.2, 0) is 10.9 Å². The van der Waals surface area contributed by atoms with Crippen molar-refractivity contribution in [3.05, 3.63) is 17.8 Å². The van der Waals surface area contributed by atoms with E-state index in [2.05, 4.69) is 21.0 Å². The Morgan fingerprint density at radius 2 is 2.20 bits per heavy atom. The van der Waals surface area contributed by atoms with Gasteiger partial charge in [0.15, 0.2) is 6.61 Å². The minimum atomic E-state index is -4.56. The number of anilines is 2. The first kappa shape index (κ1) is 15.6. The zero-order chi connectivity index (χ0) is 15.3. The summed E-state index contributed by atoms with van der Waals surface area (Å²) in [6, 6.07) is 0.808. The maximum atomic E-state index is 12.9. The molecule has 0 aromatic carbocycles. The van der Waals surface area contributed by atoms with Crippen molar-refractivity contribution >= 4 is 17.6 Å². The third-order valence-electron chi connectivity index (χ3n) is 2.20. The van der Waals surface area contributed by atoms with Crippen molar-refractivity contribution in [2.75, 3.05) is 30.9 Å². The quantitative estimate of drug-likeness (QED) is 0.862. The van der Waals surface area contributed by atoms with Gasteiger partial charge < -0.3 is 4.74 Å². The third-order valence-corrected chi connectivity index (χ3v) is 2.20. The van der Waals surface area contributed by atoms with Gasteiger partial charge in [0.1, 0.15) is 11.8 Å². The molecule has 0 aliphatic heterocycles. The van der Waals surface area contributed by atoms with E-state index in [1.165, 1.54) is 25.2 Å². The molecule has 0 spiro atoms. The van der Waals surface area contributed by atoms with Crippen LogP contribution in [-0.4, -0.2) is 26.8 Å². The van der Waals surface area contributed by atoms with Crippen LogP contribution in [0.5, 0.6) is 0 Å². The fourth-order valence-corrected chi connectivity index (χ4v) is 1.41. The topological polar surface area (TPSA) is 55.7 Å². The van der Waals surface area contributed by atoms with Crippen molar-refractivity contribution in [1.29, 1.82) is 0 Å². The number of ether oxygens (including phenoxy) is 1. The molecule has 0 bridgehead atoms. The van der Waals surface area contributed by atoms with E-state index in [0.717, 1.165) is 6.07 Å². The van der Waals surface area contributed by atoms with E-state index in [1.54, 1.807) is 0 Å². The molecule has 108 valence electrons. The number of rotatable bonds is 3. The highest BCUT2D eigenvalue weighted by Gasteiger charge is 2.38. The molecule has 1 aromatic heterocycles. The molecule has 0 atom stereocenters. The Bertz CT molecular complexity index is 536. The van der Waals surface area contributed by atoms with Crippen LogP contribution in [0.25, 0.3) is 0 Å². The lowest BCUT2D eigenvalue weighted by Gasteiger charge is -2.13. The monoisotopic (exact) mass is 288 g/mol. The minimum Gasteiger partial charge on any atom is -0.436 e. The average Bonchev–Trinajstić information content (AvgIpc) is 2.35. The number of nitrogens with zero attached hydrogens (tertiary/aromatic N) is 1. The summed E-state index contributed by atoms with van der Waals surface area (Å²) < 4.78 is 43.2. The predicted molar refractivity (Wildman–Crippen MR) is 66.1 cm³/mol. The Hall–Kier alpha value is -2.43. The summed E-state index contributed by atoms with van der Waals surface area (Å²) in [5.41, 5.74) is -0.984. The number of hydrogen-bond acceptors (Lipinski definition) is 3. The van der Waals surface area contributed by atoms with Crippen molar-refractivity contribution in [3.63, 3.8) is 0 Å². The van der Waals surface area contributed by atoms with Gasteiger partial charge >= 0.3 is 12.3 Å². The van der Waals surface area contributed by atoms with Gasteiger partial charge in [0.2, 0.25) is 0 Å². The van der Waals surface area contributed by atoms with Crippen LogP contribution in [0.1, 0.15) is 5.56 Å². The van der Waals surface area contributed by atoms with Gasteiger partial charge in [-0.05, 0) is 6.07 Å². The number of alkyl halides is 3. The molecule has 0 aliphatic carbocycles. The zero-order valence-corrected chi connectivity index (χ0v) is 10.8. The lowest BCUT2D eigenvalue weighted by molar-refractivity contribution is -0.365. The highest BCUT2D eigenvalue weighted by atomic mass is 19.4. The number of aromatic amines is 1. The third kappa shape index (κ3) is 4.05. The van der Waals surface area contributed by atoms with Crippen LogP contribution in [0.15, 0.2) is 12.3 Å². The molecule has 0 saturated heterocycles. The molecule has 1 rings (SSSR count).